The van der Waals surface area contributed by atoms with Crippen LogP contribution in [0.15, 0.2) is 59.2 Å². The predicted molar refractivity (Wildman–Crippen MR) is 109 cm³/mol. The summed E-state index contributed by atoms with van der Waals surface area (Å²) in [5.74, 6) is 1.15. The zero-order valence-electron chi connectivity index (χ0n) is 16.1. The first-order valence-electron chi connectivity index (χ1n) is 9.32. The second-order valence-electron chi connectivity index (χ2n) is 6.72. The number of halogens is 3. The van der Waals surface area contributed by atoms with Crippen LogP contribution in [0.3, 0.4) is 0 Å². The van der Waals surface area contributed by atoms with Gasteiger partial charge in [0.25, 0.3) is 0 Å². The van der Waals surface area contributed by atoms with Crippen LogP contribution in [-0.4, -0.2) is 29.2 Å². The molecule has 4 rings (SSSR count). The minimum Gasteiger partial charge on any atom is -1.00 e. The number of aromatic amines is 1. The number of H-pyrrole nitrogens is 1. The summed E-state index contributed by atoms with van der Waals surface area (Å²) in [6, 6.07) is 17.1. The fourth-order valence-corrected chi connectivity index (χ4v) is 3.93. The van der Waals surface area contributed by atoms with Crippen molar-refractivity contribution in [3.63, 3.8) is 0 Å². The van der Waals surface area contributed by atoms with Crippen LogP contribution >= 0.6 is 15.9 Å². The van der Waals surface area contributed by atoms with Crippen molar-refractivity contribution >= 4 is 32.7 Å². The highest BCUT2D eigenvalue weighted by Crippen LogP contribution is 2.24. The summed E-state index contributed by atoms with van der Waals surface area (Å²) in [5, 5.41) is 0. The highest BCUT2D eigenvalue weighted by atomic mass is 79.9. The number of para-hydroxylation sites is 2. The normalized spacial score (nSPS) is 11.0. The number of fused-ring (bicyclic) bond motifs is 3. The van der Waals surface area contributed by atoms with Crippen molar-refractivity contribution in [2.45, 2.75) is 20.4 Å². The van der Waals surface area contributed by atoms with Gasteiger partial charge < -0.3 is 29.7 Å². The second kappa shape index (κ2) is 9.79. The Hall–Kier alpha value is -1.53. The predicted octanol–water partition coefficient (Wildman–Crippen LogP) is -2.93. The highest BCUT2D eigenvalue weighted by Gasteiger charge is 2.23. The van der Waals surface area contributed by atoms with Gasteiger partial charge in [-0.1, -0.05) is 40.2 Å². The van der Waals surface area contributed by atoms with Gasteiger partial charge in [-0.05, 0) is 38.1 Å². The maximum atomic E-state index is 3.62. The molecule has 0 amide bonds. The molecule has 0 aliphatic heterocycles. The Bertz CT molecular complexity index is 1040. The molecule has 0 aliphatic rings. The molecule has 2 aromatic heterocycles. The third kappa shape index (κ3) is 4.23. The number of nitrogens with one attached hydrogen (secondary N) is 2. The standard InChI is InChI=1S/C21H23BrN4.2ClH/c1-3-24(4-2)13-14-25-20(16-9-11-17(22)12-10-16)15-26-19-8-6-5-7-18(19)23-21(25)26;;/h5-12,15H,3-4,13-14H2,1-2H3;2*1H. The summed E-state index contributed by atoms with van der Waals surface area (Å²) < 4.78 is 5.81. The smallest absolute Gasteiger partial charge is 0.368 e. The van der Waals surface area contributed by atoms with E-state index in [0.29, 0.717) is 0 Å². The molecule has 0 fully saturated rings. The SMILES string of the molecule is CC[NH+](CC)CCn1c(-c2ccc(Br)cc2)c[n+]2c3ccccc3[nH]c12.[Cl-].[Cl-]. The van der Waals surface area contributed by atoms with Gasteiger partial charge in [-0.25, -0.2) is 9.55 Å². The summed E-state index contributed by atoms with van der Waals surface area (Å²) in [5.41, 5.74) is 4.88. The number of nitrogens with zero attached hydrogens (tertiary/aromatic N) is 2. The van der Waals surface area contributed by atoms with E-state index in [9.17, 15) is 0 Å². The Balaban J connectivity index is 0.00000140. The van der Waals surface area contributed by atoms with Gasteiger partial charge in [-0.15, -0.1) is 0 Å². The van der Waals surface area contributed by atoms with Crippen molar-refractivity contribution in [3.05, 3.63) is 59.2 Å². The number of benzene rings is 2. The lowest BCUT2D eigenvalue weighted by Gasteiger charge is -2.14. The van der Waals surface area contributed by atoms with Crippen LogP contribution in [0.1, 0.15) is 13.8 Å². The summed E-state index contributed by atoms with van der Waals surface area (Å²) in [4.78, 5) is 5.24. The Morgan fingerprint density at radius 2 is 1.68 bits per heavy atom. The fraction of sp³-hybridized carbons (Fsp3) is 0.286. The number of hydrogen-bond acceptors (Lipinski definition) is 0. The van der Waals surface area contributed by atoms with Crippen molar-refractivity contribution in [2.24, 2.45) is 0 Å². The van der Waals surface area contributed by atoms with Gasteiger partial charge in [-0.2, -0.15) is 4.40 Å². The van der Waals surface area contributed by atoms with Crippen molar-refractivity contribution < 1.29 is 34.1 Å². The Kier molecular flexibility index (Phi) is 7.96. The lowest BCUT2D eigenvalue weighted by molar-refractivity contribution is -0.897. The van der Waals surface area contributed by atoms with E-state index in [-0.39, 0.29) is 24.8 Å². The molecule has 2 heterocycles. The van der Waals surface area contributed by atoms with Gasteiger partial charge >= 0.3 is 5.78 Å². The Morgan fingerprint density at radius 1 is 1.00 bits per heavy atom. The zero-order chi connectivity index (χ0) is 18.1. The zero-order valence-corrected chi connectivity index (χ0v) is 19.2. The molecule has 4 nitrogen and oxygen atoms in total. The maximum Gasteiger partial charge on any atom is 0.368 e. The van der Waals surface area contributed by atoms with Crippen LogP contribution in [0.2, 0.25) is 0 Å². The van der Waals surface area contributed by atoms with Crippen LogP contribution in [0, 0.1) is 0 Å². The van der Waals surface area contributed by atoms with Crippen LogP contribution in [-0.2, 0) is 6.54 Å². The highest BCUT2D eigenvalue weighted by molar-refractivity contribution is 9.10. The molecule has 4 aromatic rings. The number of quaternary nitrogens is 1. The monoisotopic (exact) mass is 482 g/mol. The maximum absolute atomic E-state index is 3.62. The molecule has 0 spiro atoms. The average molecular weight is 484 g/mol. The molecule has 0 aliphatic carbocycles. The van der Waals surface area contributed by atoms with E-state index in [1.807, 2.05) is 0 Å². The molecule has 150 valence electrons. The molecule has 0 saturated carbocycles. The fourth-order valence-electron chi connectivity index (χ4n) is 3.67. The topological polar surface area (TPSA) is 29.3 Å². The van der Waals surface area contributed by atoms with E-state index in [1.165, 1.54) is 22.3 Å². The van der Waals surface area contributed by atoms with Gasteiger partial charge in [0, 0.05) is 10.0 Å². The van der Waals surface area contributed by atoms with Crippen molar-refractivity contribution in [1.82, 2.24) is 9.55 Å². The van der Waals surface area contributed by atoms with Crippen LogP contribution in [0.4, 0.5) is 0 Å². The summed E-state index contributed by atoms with van der Waals surface area (Å²) in [6.07, 6.45) is 2.26. The number of imidazole rings is 2. The summed E-state index contributed by atoms with van der Waals surface area (Å²) in [7, 11) is 0. The third-order valence-corrected chi connectivity index (χ3v) is 5.79. The van der Waals surface area contributed by atoms with E-state index in [0.717, 1.165) is 36.4 Å². The first kappa shape index (κ1) is 22.8. The van der Waals surface area contributed by atoms with Crippen LogP contribution in [0.5, 0.6) is 0 Å². The van der Waals surface area contributed by atoms with Crippen LogP contribution < -0.4 is 34.1 Å². The molecule has 7 heteroatoms. The van der Waals surface area contributed by atoms with E-state index in [2.05, 4.69) is 98.5 Å². The van der Waals surface area contributed by atoms with E-state index >= 15 is 0 Å². The molecule has 0 unspecified atom stereocenters. The van der Waals surface area contributed by atoms with Crippen molar-refractivity contribution in [2.75, 3.05) is 19.6 Å². The number of aromatic nitrogens is 3. The molecular formula is C21H25BrCl2N4. The van der Waals surface area contributed by atoms with Gasteiger partial charge in [0.1, 0.15) is 36.0 Å². The van der Waals surface area contributed by atoms with E-state index < -0.39 is 0 Å². The van der Waals surface area contributed by atoms with E-state index in [1.54, 1.807) is 4.90 Å². The van der Waals surface area contributed by atoms with Crippen LogP contribution in [0.25, 0.3) is 28.1 Å². The van der Waals surface area contributed by atoms with Gasteiger partial charge in [0.05, 0.1) is 13.1 Å². The molecule has 0 radical (unpaired) electrons. The molecule has 0 saturated heterocycles. The number of likely N-dealkylation sites (N-methyl/N-ethyl adjacent to an activating group) is 1. The van der Waals surface area contributed by atoms with E-state index in [4.69, 9.17) is 0 Å². The summed E-state index contributed by atoms with van der Waals surface area (Å²) in [6.45, 7) is 8.96. The molecule has 2 N–H and O–H groups in total. The first-order valence-corrected chi connectivity index (χ1v) is 10.1. The molecular weight excluding hydrogens is 459 g/mol. The first-order chi connectivity index (χ1) is 12.7. The lowest BCUT2D eigenvalue weighted by Crippen LogP contribution is -3.11. The Morgan fingerprint density at radius 3 is 2.36 bits per heavy atom. The van der Waals surface area contributed by atoms with Gasteiger partial charge in [0.15, 0.2) is 0 Å². The minimum absolute atomic E-state index is 0. The van der Waals surface area contributed by atoms with Crippen molar-refractivity contribution in [3.8, 4) is 11.3 Å². The van der Waals surface area contributed by atoms with Gasteiger partial charge in [0.2, 0.25) is 0 Å². The van der Waals surface area contributed by atoms with Crippen molar-refractivity contribution in [1.29, 1.82) is 0 Å². The van der Waals surface area contributed by atoms with Gasteiger partial charge in [-0.3, -0.25) is 0 Å². The number of rotatable bonds is 6. The molecule has 2 aromatic carbocycles. The minimum atomic E-state index is 0. The largest absolute Gasteiger partial charge is 1.00 e. The average Bonchev–Trinajstić information content (AvgIpc) is 3.20. The quantitative estimate of drug-likeness (QED) is 0.275. The molecule has 0 atom stereocenters. The lowest BCUT2D eigenvalue weighted by atomic mass is 10.1. The second-order valence-corrected chi connectivity index (χ2v) is 7.63. The third-order valence-electron chi connectivity index (χ3n) is 5.27. The molecule has 28 heavy (non-hydrogen) atoms. The Labute approximate surface area is 186 Å². The molecule has 0 bridgehead atoms. The summed E-state index contributed by atoms with van der Waals surface area (Å²) >= 11 is 3.54. The number of hydrogen-bond donors (Lipinski definition) is 2.